The van der Waals surface area contributed by atoms with Gasteiger partial charge >= 0.3 is 6.09 Å². The summed E-state index contributed by atoms with van der Waals surface area (Å²) < 4.78 is 41.7. The molecule has 0 spiro atoms. The van der Waals surface area contributed by atoms with E-state index in [0.717, 1.165) is 32.9 Å². The third-order valence-electron chi connectivity index (χ3n) is 4.92. The zero-order chi connectivity index (χ0) is 24.2. The van der Waals surface area contributed by atoms with E-state index >= 15 is 0 Å². The Morgan fingerprint density at radius 1 is 1.38 bits per heavy atom. The second kappa shape index (κ2) is 10.5. The summed E-state index contributed by atoms with van der Waals surface area (Å²) in [6, 6.07) is 4.82. The van der Waals surface area contributed by atoms with Gasteiger partial charge in [0, 0.05) is 38.3 Å². The minimum Gasteiger partial charge on any atom is -0.465 e. The van der Waals surface area contributed by atoms with Gasteiger partial charge in [-0.05, 0) is 36.6 Å². The van der Waals surface area contributed by atoms with E-state index in [1.165, 1.54) is 20.2 Å². The van der Waals surface area contributed by atoms with Crippen LogP contribution in [0.2, 0.25) is 5.02 Å². The van der Waals surface area contributed by atoms with E-state index in [-0.39, 0.29) is 28.9 Å². The van der Waals surface area contributed by atoms with Crippen molar-refractivity contribution in [3.8, 4) is 0 Å². The monoisotopic (exact) mass is 486 g/mol. The van der Waals surface area contributed by atoms with E-state index in [2.05, 4.69) is 10.4 Å². The first-order valence-corrected chi connectivity index (χ1v) is 11.7. The highest BCUT2D eigenvalue weighted by molar-refractivity contribution is 7.89. The maximum Gasteiger partial charge on any atom is 0.404 e. The zero-order valence-electron chi connectivity index (χ0n) is 18.7. The molecule has 176 valence electrons. The summed E-state index contributed by atoms with van der Waals surface area (Å²) in [6.45, 7) is 5.56. The van der Waals surface area contributed by atoms with Crippen molar-refractivity contribution in [1.29, 1.82) is 0 Å². The first-order chi connectivity index (χ1) is 14.8. The number of benzene rings is 1. The maximum atomic E-state index is 14.3. The predicted octanol–water partition coefficient (Wildman–Crippen LogP) is 3.93. The van der Waals surface area contributed by atoms with Crippen LogP contribution in [-0.2, 0) is 23.0 Å². The average molecular weight is 487 g/mol. The maximum absolute atomic E-state index is 14.3. The van der Waals surface area contributed by atoms with Crippen LogP contribution in [0.1, 0.15) is 42.3 Å². The molecule has 0 aliphatic carbocycles. The number of hydrogen-bond donors (Lipinski definition) is 2. The van der Waals surface area contributed by atoms with Crippen LogP contribution in [0.15, 0.2) is 35.0 Å². The van der Waals surface area contributed by atoms with Crippen LogP contribution in [-0.4, -0.2) is 54.3 Å². The van der Waals surface area contributed by atoms with Gasteiger partial charge in [0.15, 0.2) is 0 Å². The van der Waals surface area contributed by atoms with Gasteiger partial charge in [0.1, 0.15) is 10.7 Å². The Morgan fingerprint density at radius 2 is 2.03 bits per heavy atom. The first kappa shape index (κ1) is 25.8. The Labute approximate surface area is 192 Å². The van der Waals surface area contributed by atoms with Crippen LogP contribution in [0, 0.1) is 6.92 Å². The summed E-state index contributed by atoms with van der Waals surface area (Å²) in [6.07, 6.45) is 0.387. The number of allylic oxidation sites excluding steroid dienone is 1. The van der Waals surface area contributed by atoms with E-state index < -0.39 is 21.9 Å². The van der Waals surface area contributed by atoms with Gasteiger partial charge in [-0.2, -0.15) is 5.10 Å². The van der Waals surface area contributed by atoms with Gasteiger partial charge in [0.05, 0.1) is 17.3 Å². The van der Waals surface area contributed by atoms with Gasteiger partial charge in [-0.25, -0.2) is 21.9 Å². The van der Waals surface area contributed by atoms with E-state index in [1.54, 1.807) is 16.8 Å². The van der Waals surface area contributed by atoms with Crippen molar-refractivity contribution >= 4 is 27.7 Å². The highest BCUT2D eigenvalue weighted by Gasteiger charge is 2.22. The van der Waals surface area contributed by atoms with Gasteiger partial charge in [-0.3, -0.25) is 4.68 Å². The largest absolute Gasteiger partial charge is 0.465 e. The van der Waals surface area contributed by atoms with Gasteiger partial charge in [0.25, 0.3) is 0 Å². The standard InChI is InChI=1S/C21H28ClFN4O4S/c1-13(2)20-17(14(3)27(25-20)12-16(23)8-9-24-21(28)29)10-15-6-7-19(18(22)11-15)32(30,31)26(4)5/h6-8,11,13,24H,9-10,12H2,1-5H3,(H,28,29)/b16-8-. The molecule has 0 aliphatic rings. The fourth-order valence-electron chi connectivity index (χ4n) is 3.16. The molecule has 1 heterocycles. The van der Waals surface area contributed by atoms with Gasteiger partial charge in [-0.15, -0.1) is 0 Å². The molecule has 0 saturated heterocycles. The van der Waals surface area contributed by atoms with Crippen molar-refractivity contribution in [3.05, 3.63) is 57.6 Å². The third kappa shape index (κ3) is 6.08. The zero-order valence-corrected chi connectivity index (χ0v) is 20.3. The number of amides is 1. The number of carbonyl (C=O) groups is 1. The fraction of sp³-hybridized carbons (Fsp3) is 0.429. The Kier molecular flexibility index (Phi) is 8.44. The number of halogens is 2. The Balaban J connectivity index is 2.34. The summed E-state index contributed by atoms with van der Waals surface area (Å²) in [5.41, 5.74) is 3.29. The minimum absolute atomic E-state index is 0.0339. The molecule has 0 atom stereocenters. The Morgan fingerprint density at radius 3 is 2.56 bits per heavy atom. The van der Waals surface area contributed by atoms with Crippen molar-refractivity contribution in [2.24, 2.45) is 0 Å². The number of hydrogen-bond acceptors (Lipinski definition) is 4. The van der Waals surface area contributed by atoms with Crippen molar-refractivity contribution in [1.82, 2.24) is 19.4 Å². The molecule has 1 amide bonds. The van der Waals surface area contributed by atoms with Crippen LogP contribution >= 0.6 is 11.6 Å². The molecule has 2 rings (SSSR count). The van der Waals surface area contributed by atoms with Crippen LogP contribution in [0.5, 0.6) is 0 Å². The molecule has 2 aromatic rings. The van der Waals surface area contributed by atoms with E-state index in [9.17, 15) is 17.6 Å². The Bertz CT molecular complexity index is 1130. The summed E-state index contributed by atoms with van der Waals surface area (Å²) in [5, 5.41) is 15.4. The van der Waals surface area contributed by atoms with Crippen LogP contribution in [0.4, 0.5) is 9.18 Å². The molecule has 0 saturated carbocycles. The second-order valence-corrected chi connectivity index (χ2v) is 10.4. The summed E-state index contributed by atoms with van der Waals surface area (Å²) in [4.78, 5) is 10.5. The molecule has 0 radical (unpaired) electrons. The lowest BCUT2D eigenvalue weighted by molar-refractivity contribution is 0.195. The minimum atomic E-state index is -3.65. The lowest BCUT2D eigenvalue weighted by Crippen LogP contribution is -2.22. The first-order valence-electron chi connectivity index (χ1n) is 9.93. The molecule has 8 nitrogen and oxygen atoms in total. The molecule has 32 heavy (non-hydrogen) atoms. The van der Waals surface area contributed by atoms with Crippen molar-refractivity contribution in [2.75, 3.05) is 20.6 Å². The number of sulfonamides is 1. The summed E-state index contributed by atoms with van der Waals surface area (Å²) in [7, 11) is -0.770. The van der Waals surface area contributed by atoms with Crippen LogP contribution in [0.25, 0.3) is 0 Å². The number of carboxylic acid groups (broad SMARTS) is 1. The molecular weight excluding hydrogens is 459 g/mol. The van der Waals surface area contributed by atoms with Crippen molar-refractivity contribution in [2.45, 2.75) is 44.6 Å². The number of nitrogens with one attached hydrogen (secondary N) is 1. The van der Waals surface area contributed by atoms with Gasteiger partial charge < -0.3 is 10.4 Å². The molecule has 0 fully saturated rings. The summed E-state index contributed by atoms with van der Waals surface area (Å²) >= 11 is 6.28. The number of nitrogens with zero attached hydrogens (tertiary/aromatic N) is 3. The van der Waals surface area contributed by atoms with E-state index in [4.69, 9.17) is 16.7 Å². The molecule has 11 heteroatoms. The molecule has 0 bridgehead atoms. The van der Waals surface area contributed by atoms with Gasteiger partial charge in [0.2, 0.25) is 10.0 Å². The third-order valence-corrected chi connectivity index (χ3v) is 7.22. The molecule has 2 N–H and O–H groups in total. The van der Waals surface area contributed by atoms with Gasteiger partial charge in [-0.1, -0.05) is 31.5 Å². The topological polar surface area (TPSA) is 105 Å². The molecule has 1 aromatic carbocycles. The van der Waals surface area contributed by atoms with E-state index in [1.807, 2.05) is 20.8 Å². The van der Waals surface area contributed by atoms with Crippen molar-refractivity contribution < 1.29 is 22.7 Å². The molecular formula is C21H28ClFN4O4S. The normalized spacial score (nSPS) is 12.6. The summed E-state index contributed by atoms with van der Waals surface area (Å²) in [5.74, 6) is -0.429. The fourth-order valence-corrected chi connectivity index (χ4v) is 4.60. The van der Waals surface area contributed by atoms with E-state index in [0.29, 0.717) is 6.42 Å². The van der Waals surface area contributed by atoms with Crippen molar-refractivity contribution in [3.63, 3.8) is 0 Å². The quantitative estimate of drug-likeness (QED) is 0.558. The highest BCUT2D eigenvalue weighted by atomic mass is 35.5. The molecule has 1 aromatic heterocycles. The van der Waals surface area contributed by atoms with Crippen LogP contribution in [0.3, 0.4) is 0 Å². The predicted molar refractivity (Wildman–Crippen MR) is 121 cm³/mol. The molecule has 0 unspecified atom stereocenters. The second-order valence-electron chi connectivity index (χ2n) is 7.83. The SMILES string of the molecule is Cc1c(Cc2ccc(S(=O)(=O)N(C)C)c(Cl)c2)c(C(C)C)nn1C/C(F)=C/CNC(=O)O. The highest BCUT2D eigenvalue weighted by Crippen LogP contribution is 2.29. The lowest BCUT2D eigenvalue weighted by Gasteiger charge is -2.14. The molecule has 0 aliphatic heterocycles. The lowest BCUT2D eigenvalue weighted by atomic mass is 9.98. The number of rotatable bonds is 9. The Hall–Kier alpha value is -2.43. The average Bonchev–Trinajstić information content (AvgIpc) is 2.97. The number of aromatic nitrogens is 2. The smallest absolute Gasteiger partial charge is 0.404 e. The van der Waals surface area contributed by atoms with Crippen LogP contribution < -0.4 is 5.32 Å².